The predicted molar refractivity (Wildman–Crippen MR) is 177 cm³/mol. The quantitative estimate of drug-likeness (QED) is 0.320. The summed E-state index contributed by atoms with van der Waals surface area (Å²) in [6, 6.07) is 15.6. The highest BCUT2D eigenvalue weighted by Crippen LogP contribution is 2.37. The average molecular weight is 631 g/mol. The molecule has 46 heavy (non-hydrogen) atoms. The third-order valence-electron chi connectivity index (χ3n) is 8.39. The Morgan fingerprint density at radius 2 is 1.70 bits per heavy atom. The minimum atomic E-state index is -0.938. The van der Waals surface area contributed by atoms with E-state index >= 15 is 0 Å². The Bertz CT molecular complexity index is 1610. The number of hydrogen-bond acceptors (Lipinski definition) is 7. The predicted octanol–water partition coefficient (Wildman–Crippen LogP) is 5.87. The first-order chi connectivity index (χ1) is 21.5. The number of carbonyl (C=O) groups excluding carboxylic acids is 3. The fraction of sp³-hybridized carbons (Fsp3) is 0.500. The zero-order valence-corrected chi connectivity index (χ0v) is 28.1. The van der Waals surface area contributed by atoms with Gasteiger partial charge < -0.3 is 29.7 Å². The zero-order chi connectivity index (χ0) is 33.4. The lowest BCUT2D eigenvalue weighted by Crippen LogP contribution is -2.58. The summed E-state index contributed by atoms with van der Waals surface area (Å²) < 4.78 is 17.6. The number of rotatable bonds is 8. The molecule has 0 radical (unpaired) electrons. The number of fused-ring (bicyclic) bond motifs is 1. The highest BCUT2D eigenvalue weighted by molar-refractivity contribution is 5.93. The van der Waals surface area contributed by atoms with Crippen molar-refractivity contribution in [3.05, 3.63) is 54.6 Å². The van der Waals surface area contributed by atoms with Gasteiger partial charge in [0.15, 0.2) is 0 Å². The van der Waals surface area contributed by atoms with Crippen molar-refractivity contribution >= 4 is 28.8 Å². The van der Waals surface area contributed by atoms with Gasteiger partial charge in [0, 0.05) is 35.0 Å². The van der Waals surface area contributed by atoms with Crippen LogP contribution in [0.3, 0.4) is 0 Å². The summed E-state index contributed by atoms with van der Waals surface area (Å²) in [4.78, 5) is 47.3. The van der Waals surface area contributed by atoms with Gasteiger partial charge in [-0.1, -0.05) is 51.1 Å². The maximum Gasteiger partial charge on any atom is 0.408 e. The molecule has 0 bridgehead atoms. The molecule has 2 aromatic carbocycles. The number of hydrogen-bond donors (Lipinski definition) is 2. The van der Waals surface area contributed by atoms with Gasteiger partial charge in [-0.3, -0.25) is 9.59 Å². The van der Waals surface area contributed by atoms with E-state index in [9.17, 15) is 14.4 Å². The lowest BCUT2D eigenvalue weighted by Gasteiger charge is -2.35. The molecule has 3 atom stereocenters. The van der Waals surface area contributed by atoms with Crippen LogP contribution in [0.2, 0.25) is 0 Å². The summed E-state index contributed by atoms with van der Waals surface area (Å²) in [6.07, 6.45) is 0.881. The number of pyridine rings is 1. The van der Waals surface area contributed by atoms with Gasteiger partial charge in [-0.15, -0.1) is 0 Å². The number of nitrogens with zero attached hydrogens (tertiary/aromatic N) is 2. The average Bonchev–Trinajstić information content (AvgIpc) is 3.55. The second-order valence-electron chi connectivity index (χ2n) is 14.7. The van der Waals surface area contributed by atoms with Crippen molar-refractivity contribution in [2.45, 2.75) is 97.1 Å². The molecule has 1 aliphatic heterocycles. The van der Waals surface area contributed by atoms with Crippen LogP contribution in [0.1, 0.15) is 67.7 Å². The summed E-state index contributed by atoms with van der Waals surface area (Å²) in [5, 5.41) is 6.72. The highest BCUT2D eigenvalue weighted by Gasteiger charge is 2.48. The molecule has 5 rings (SSSR count). The molecule has 1 saturated heterocycles. The third-order valence-corrected chi connectivity index (χ3v) is 8.39. The van der Waals surface area contributed by atoms with Crippen LogP contribution in [0.15, 0.2) is 54.6 Å². The lowest BCUT2D eigenvalue weighted by molar-refractivity contribution is -0.142. The third kappa shape index (κ3) is 7.71. The van der Waals surface area contributed by atoms with Gasteiger partial charge in [-0.25, -0.2) is 9.78 Å². The van der Waals surface area contributed by atoms with E-state index in [4.69, 9.17) is 19.2 Å². The first-order valence-corrected chi connectivity index (χ1v) is 15.9. The Morgan fingerprint density at radius 3 is 2.30 bits per heavy atom. The first-order valence-electron chi connectivity index (χ1n) is 15.9. The number of nitrogens with one attached hydrogen (secondary N) is 2. The zero-order valence-electron chi connectivity index (χ0n) is 28.1. The monoisotopic (exact) mass is 630 g/mol. The SMILES string of the molecule is COc1ccc2c(OC3C[C@@H](C(=O)NC4(C)CC4)N(C(=O)[C@@H](NC(=O)OC(C)(C)C)C(C)(C)C)C3)cc(-c3ccccc3)nc2c1. The molecule has 2 fully saturated rings. The van der Waals surface area contributed by atoms with Crippen molar-refractivity contribution in [3.8, 4) is 22.8 Å². The van der Waals surface area contributed by atoms with Crippen LogP contribution >= 0.6 is 0 Å². The Labute approximate surface area is 271 Å². The van der Waals surface area contributed by atoms with E-state index in [-0.39, 0.29) is 30.3 Å². The Kier molecular flexibility index (Phi) is 8.94. The molecule has 2 N–H and O–H groups in total. The molecular formula is C36H46N4O6. The molecule has 2 heterocycles. The van der Waals surface area contributed by atoms with Crippen LogP contribution in [0.5, 0.6) is 11.5 Å². The van der Waals surface area contributed by atoms with E-state index < -0.39 is 35.3 Å². The summed E-state index contributed by atoms with van der Waals surface area (Å²) in [6.45, 7) is 13.1. The van der Waals surface area contributed by atoms with E-state index in [1.165, 1.54) is 0 Å². The van der Waals surface area contributed by atoms with Gasteiger partial charge in [0.25, 0.3) is 0 Å². The van der Waals surface area contributed by atoms with E-state index in [0.717, 1.165) is 29.5 Å². The van der Waals surface area contributed by atoms with Crippen LogP contribution in [-0.4, -0.2) is 70.8 Å². The van der Waals surface area contributed by atoms with Gasteiger partial charge >= 0.3 is 6.09 Å². The molecule has 10 nitrogen and oxygen atoms in total. The molecule has 0 spiro atoms. The van der Waals surface area contributed by atoms with Crippen LogP contribution < -0.4 is 20.1 Å². The summed E-state index contributed by atoms with van der Waals surface area (Å²) in [5.41, 5.74) is 0.686. The van der Waals surface area contributed by atoms with Gasteiger partial charge in [0.1, 0.15) is 35.3 Å². The molecule has 10 heteroatoms. The van der Waals surface area contributed by atoms with Crippen molar-refractivity contribution < 1.29 is 28.6 Å². The number of benzene rings is 2. The molecule has 1 unspecified atom stereocenters. The fourth-order valence-corrected chi connectivity index (χ4v) is 5.65. The van der Waals surface area contributed by atoms with E-state index in [0.29, 0.717) is 17.0 Å². The van der Waals surface area contributed by atoms with E-state index in [2.05, 4.69) is 10.6 Å². The van der Waals surface area contributed by atoms with Crippen LogP contribution in [0.4, 0.5) is 4.79 Å². The molecule has 3 aromatic rings. The maximum atomic E-state index is 14.3. The van der Waals surface area contributed by atoms with Crippen LogP contribution in [0.25, 0.3) is 22.2 Å². The molecular weight excluding hydrogens is 584 g/mol. The molecule has 3 amide bonds. The number of likely N-dealkylation sites (tertiary alicyclic amines) is 1. The minimum Gasteiger partial charge on any atom is -0.497 e. The molecule has 1 aromatic heterocycles. The van der Waals surface area contributed by atoms with Gasteiger partial charge in [-0.05, 0) is 58.1 Å². The topological polar surface area (TPSA) is 119 Å². The maximum absolute atomic E-state index is 14.3. The van der Waals surface area contributed by atoms with E-state index in [1.54, 1.807) is 32.8 Å². The van der Waals surface area contributed by atoms with Gasteiger partial charge in [0.2, 0.25) is 11.8 Å². The largest absolute Gasteiger partial charge is 0.497 e. The normalized spacial score (nSPS) is 19.7. The van der Waals surface area contributed by atoms with E-state index in [1.807, 2.05) is 82.3 Å². The summed E-state index contributed by atoms with van der Waals surface area (Å²) >= 11 is 0. The van der Waals surface area contributed by atoms with Crippen LogP contribution in [-0.2, 0) is 14.3 Å². The number of alkyl carbamates (subject to hydrolysis) is 1. The molecule has 1 saturated carbocycles. The summed E-state index contributed by atoms with van der Waals surface area (Å²) in [7, 11) is 1.61. The molecule has 2 aliphatic rings. The highest BCUT2D eigenvalue weighted by atomic mass is 16.6. The standard InChI is InChI=1S/C36H46N4O6/c1-34(2,3)30(38-33(43)46-35(4,5)6)32(42)40-21-24(19-28(40)31(41)39-36(7)16-17-36)45-29-20-26(22-12-10-9-11-13-22)37-27-18-23(44-8)14-15-25(27)29/h9-15,18,20,24,28,30H,16-17,19,21H2,1-8H3,(H,38,43)(H,39,41)/t24?,28-,30+/m0/s1. The van der Waals surface area contributed by atoms with Gasteiger partial charge in [-0.2, -0.15) is 0 Å². The minimum absolute atomic E-state index is 0.164. The number of carbonyl (C=O) groups is 3. The Hall–Kier alpha value is -4.34. The Balaban J connectivity index is 1.47. The first kappa shape index (κ1) is 33.0. The van der Waals surface area contributed by atoms with Crippen molar-refractivity contribution in [2.24, 2.45) is 5.41 Å². The molecule has 246 valence electrons. The fourth-order valence-electron chi connectivity index (χ4n) is 5.65. The second kappa shape index (κ2) is 12.5. The lowest BCUT2D eigenvalue weighted by atomic mass is 9.85. The number of ether oxygens (including phenoxy) is 3. The second-order valence-corrected chi connectivity index (χ2v) is 14.7. The van der Waals surface area contributed by atoms with Gasteiger partial charge in [0.05, 0.1) is 24.9 Å². The van der Waals surface area contributed by atoms with Crippen molar-refractivity contribution in [1.29, 1.82) is 0 Å². The Morgan fingerprint density at radius 1 is 1.00 bits per heavy atom. The smallest absolute Gasteiger partial charge is 0.408 e. The molecule has 1 aliphatic carbocycles. The number of amides is 3. The van der Waals surface area contributed by atoms with Crippen molar-refractivity contribution in [3.63, 3.8) is 0 Å². The van der Waals surface area contributed by atoms with Crippen molar-refractivity contribution in [1.82, 2.24) is 20.5 Å². The number of aromatic nitrogens is 1. The number of methoxy groups -OCH3 is 1. The van der Waals surface area contributed by atoms with Crippen molar-refractivity contribution in [2.75, 3.05) is 13.7 Å². The van der Waals surface area contributed by atoms with Crippen LogP contribution in [0, 0.1) is 5.41 Å². The summed E-state index contributed by atoms with van der Waals surface area (Å²) in [5.74, 6) is 0.682.